The second-order valence-electron chi connectivity index (χ2n) is 4.08. The first-order valence-corrected chi connectivity index (χ1v) is 6.26. The van der Waals surface area contributed by atoms with Gasteiger partial charge in [-0.3, -0.25) is 9.59 Å². The monoisotopic (exact) mass is 834 g/mol. The van der Waals surface area contributed by atoms with Crippen molar-refractivity contribution in [1.29, 1.82) is 0 Å². The van der Waals surface area contributed by atoms with Gasteiger partial charge in [0.25, 0.3) is 0 Å². The van der Waals surface area contributed by atoms with E-state index in [-0.39, 0.29) is 109 Å². The molecule has 0 aliphatic carbocycles. The number of ether oxygens (including phenoxy) is 1. The van der Waals surface area contributed by atoms with Crippen LogP contribution in [0.25, 0.3) is 0 Å². The van der Waals surface area contributed by atoms with Gasteiger partial charge in [-0.05, 0) is 0 Å². The Bertz CT molecular complexity index is 292. The summed E-state index contributed by atoms with van der Waals surface area (Å²) in [5, 5.41) is 8.01. The van der Waals surface area contributed by atoms with Crippen LogP contribution in [-0.2, 0) is 99.2 Å². The molecule has 0 fully saturated rings. The summed E-state index contributed by atoms with van der Waals surface area (Å²) in [6.07, 6.45) is -0.289. The quantitative estimate of drug-likeness (QED) is 0.304. The molecule has 0 aromatic rings. The van der Waals surface area contributed by atoms with Gasteiger partial charge in [0.15, 0.2) is 0 Å². The van der Waals surface area contributed by atoms with Gasteiger partial charge in [0.05, 0.1) is 0 Å². The minimum Gasteiger partial charge on any atom is -0.564 e. The second kappa shape index (κ2) is 25.9. The molecule has 137 valence electrons. The van der Waals surface area contributed by atoms with Gasteiger partial charge >= 0.3 is 0 Å². The molecule has 0 atom stereocenters. The van der Waals surface area contributed by atoms with Crippen LogP contribution in [0.3, 0.4) is 0 Å². The number of carbonyl (C=O) groups excluding carboxylic acids is 2. The summed E-state index contributed by atoms with van der Waals surface area (Å²) >= 11 is 0. The molecule has 0 aromatic heterocycles. The number of hydrogen-bond acceptors (Lipinski definition) is 4. The zero-order valence-electron chi connectivity index (χ0n) is 14.9. The Morgan fingerprint density at radius 1 is 1.17 bits per heavy atom. The fourth-order valence-electron chi connectivity index (χ4n) is 1.03. The molecule has 2 amide bonds. The molecule has 0 saturated heterocycles. The normalized spacial score (nSPS) is 8.17. The summed E-state index contributed by atoms with van der Waals surface area (Å²) < 4.78 is 4.66. The summed E-state index contributed by atoms with van der Waals surface area (Å²) in [5.41, 5.74) is 0. The zero-order valence-corrected chi connectivity index (χ0v) is 28.6. The number of rotatable bonds is 7. The fraction of sp³-hybridized carbons (Fsp3) is 0.571. The predicted molar refractivity (Wildman–Crippen MR) is 77.6 cm³/mol. The van der Waals surface area contributed by atoms with Crippen molar-refractivity contribution < 1.29 is 104 Å². The van der Waals surface area contributed by atoms with Gasteiger partial charge in [0.1, 0.15) is 0 Å². The molecular weight excluding hydrogens is 808 g/mol. The van der Waals surface area contributed by atoms with Crippen molar-refractivity contribution in [3.05, 3.63) is 27.4 Å². The molecule has 3 radical (unpaired) electrons. The van der Waals surface area contributed by atoms with Gasteiger partial charge in [-0.1, -0.05) is 6.61 Å². The van der Waals surface area contributed by atoms with Crippen LogP contribution in [0.1, 0.15) is 13.8 Å². The first-order chi connectivity index (χ1) is 9.26. The van der Waals surface area contributed by atoms with Gasteiger partial charge < -0.3 is 40.4 Å². The molecule has 0 heterocycles. The van der Waals surface area contributed by atoms with Crippen LogP contribution >= 0.6 is 0 Å². The Kier molecular flexibility index (Phi) is 42.9. The van der Waals surface area contributed by atoms with Crippen molar-refractivity contribution in [3.63, 3.8) is 0 Å². The van der Waals surface area contributed by atoms with Gasteiger partial charge in [0.2, 0.25) is 11.8 Å². The molecule has 1 N–H and O–H groups in total. The van der Waals surface area contributed by atoms with Crippen molar-refractivity contribution >= 4 is 11.8 Å². The number of amides is 2. The van der Waals surface area contributed by atoms with Gasteiger partial charge in [-0.15, -0.1) is 6.54 Å². The Balaban J connectivity index is -0.0000000650. The van der Waals surface area contributed by atoms with E-state index in [9.17, 15) is 9.59 Å². The number of aliphatic hydroxyl groups excluding tert-OH is 1. The third-order valence-electron chi connectivity index (χ3n) is 2.36. The molecule has 6 nitrogen and oxygen atoms in total. The number of aliphatic hydroxyl groups is 1. The minimum absolute atomic E-state index is 0. The van der Waals surface area contributed by atoms with Gasteiger partial charge in [-0.2, -0.15) is 6.61 Å². The summed E-state index contributed by atoms with van der Waals surface area (Å²) in [4.78, 5) is 24.9. The van der Waals surface area contributed by atoms with E-state index < -0.39 is 0 Å². The van der Waals surface area contributed by atoms with E-state index in [4.69, 9.17) is 5.11 Å². The van der Waals surface area contributed by atoms with Crippen LogP contribution < -0.4 is 0 Å². The van der Waals surface area contributed by atoms with E-state index in [0.717, 1.165) is 6.61 Å². The first kappa shape index (κ1) is 39.7. The van der Waals surface area contributed by atoms with E-state index in [1.807, 2.05) is 0 Å². The number of hydrogen-bond donors (Lipinski definition) is 1. The summed E-state index contributed by atoms with van der Waals surface area (Å²) in [6.45, 7) is 16.1. The second-order valence-corrected chi connectivity index (χ2v) is 4.08. The van der Waals surface area contributed by atoms with E-state index in [2.05, 4.69) is 25.5 Å². The van der Waals surface area contributed by atoms with E-state index in [1.165, 1.54) is 13.8 Å². The van der Waals surface area contributed by atoms with Crippen LogP contribution in [-0.4, -0.2) is 66.1 Å². The Labute approximate surface area is 204 Å². The van der Waals surface area contributed by atoms with Crippen molar-refractivity contribution in [3.8, 4) is 0 Å². The maximum atomic E-state index is 10.9. The Morgan fingerprint density at radius 3 is 1.83 bits per heavy atom. The smallest absolute Gasteiger partial charge is 0.219 e. The van der Waals surface area contributed by atoms with Crippen molar-refractivity contribution in [2.45, 2.75) is 20.0 Å². The summed E-state index contributed by atoms with van der Waals surface area (Å²) in [7, 11) is 1.71. The fourth-order valence-corrected chi connectivity index (χ4v) is 1.03. The van der Waals surface area contributed by atoms with Gasteiger partial charge in [-0.25, -0.2) is 6.10 Å². The maximum absolute atomic E-state index is 10.9. The zero-order chi connectivity index (χ0) is 16.1. The predicted octanol–water partition coefficient (Wildman–Crippen LogP) is 0.714. The summed E-state index contributed by atoms with van der Waals surface area (Å²) in [5.74, 6) is -0.000448. The van der Waals surface area contributed by atoms with E-state index >= 15 is 0 Å². The largest absolute Gasteiger partial charge is 0.564 e. The van der Waals surface area contributed by atoms with Crippen LogP contribution in [0.15, 0.2) is 0 Å². The van der Waals surface area contributed by atoms with E-state index in [1.54, 1.807) is 16.8 Å². The maximum Gasteiger partial charge on any atom is 0.219 e. The average molecular weight is 834 g/mol. The molecule has 0 aliphatic heterocycles. The van der Waals surface area contributed by atoms with Crippen LogP contribution in [0.5, 0.6) is 0 Å². The SMILES string of the molecule is [CH2-]C([CH2-])OC[CH-]O.[CH2-]CN(CCN(C)C(C)=O)C(C)=O.[Rf].[Rh].[Y].[Y]. The number of carbonyl (C=O) groups is 2. The van der Waals surface area contributed by atoms with Crippen LogP contribution in [0, 0.1) is 27.4 Å². The third-order valence-corrected chi connectivity index (χ3v) is 2.36. The molecule has 0 spiro atoms. The van der Waals surface area contributed by atoms with Crippen LogP contribution in [0.2, 0.25) is 0 Å². The molecule has 0 saturated carbocycles. The van der Waals surface area contributed by atoms with Gasteiger partial charge in [0, 0.05) is 119 Å². The molecule has 24 heavy (non-hydrogen) atoms. The molecule has 0 aliphatic rings. The Morgan fingerprint density at radius 2 is 1.62 bits per heavy atom. The standard InChI is InChI=1S/C9H17N2O2.C5H9O2.Rf.Rh.2Y/c1-5-11(9(3)13)7-6-10(4)8(2)12;1-5(2)7-4-3-6;;;;/h1,5-7H2,2-4H3;3,5-6H,1-2,4H2;;;;/q-1;-3;;;;. The topological polar surface area (TPSA) is 70.1 Å². The van der Waals surface area contributed by atoms with Crippen molar-refractivity contribution in [1.82, 2.24) is 9.80 Å². The molecule has 0 unspecified atom stereocenters. The number of nitrogens with zero attached hydrogens (tertiary/aromatic N) is 2. The number of likely N-dealkylation sites (N-methyl/N-ethyl adjacent to an activating group) is 1. The molecule has 10 heteroatoms. The van der Waals surface area contributed by atoms with Crippen molar-refractivity contribution in [2.24, 2.45) is 0 Å². The molecule has 0 aromatic carbocycles. The molecule has 0 bridgehead atoms. The first-order valence-electron chi connectivity index (χ1n) is 6.26. The Hall–Kier alpha value is 0.691. The average Bonchev–Trinajstić information content (AvgIpc) is 2.36. The third kappa shape index (κ3) is 27.5. The molecule has 0 rings (SSSR count). The summed E-state index contributed by atoms with van der Waals surface area (Å²) in [6, 6.07) is 0. The minimum atomic E-state index is -0.289. The molecular formula is C14H26N2O4RfRhY2-4. The van der Waals surface area contributed by atoms with Crippen LogP contribution in [0.4, 0.5) is 0 Å². The van der Waals surface area contributed by atoms with Crippen molar-refractivity contribution in [2.75, 3.05) is 33.3 Å². The van der Waals surface area contributed by atoms with E-state index in [0.29, 0.717) is 19.6 Å².